The van der Waals surface area contributed by atoms with Crippen LogP contribution in [0, 0.1) is 0 Å². The second-order valence-corrected chi connectivity index (χ2v) is 12.3. The quantitative estimate of drug-likeness (QED) is 0.337. The van der Waals surface area contributed by atoms with Crippen LogP contribution in [0.3, 0.4) is 0 Å². The van der Waals surface area contributed by atoms with Crippen LogP contribution in [0.4, 0.5) is 29.3 Å². The van der Waals surface area contributed by atoms with Crippen LogP contribution < -0.4 is 15.1 Å². The molecule has 1 fully saturated rings. The summed E-state index contributed by atoms with van der Waals surface area (Å²) in [6.07, 6.45) is -4.01. The van der Waals surface area contributed by atoms with Gasteiger partial charge in [0.15, 0.2) is 9.84 Å². The summed E-state index contributed by atoms with van der Waals surface area (Å²) in [7, 11) is -1.89. The van der Waals surface area contributed by atoms with Gasteiger partial charge in [0.2, 0.25) is 0 Å². The van der Waals surface area contributed by atoms with Crippen molar-refractivity contribution >= 4 is 33.2 Å². The van der Waals surface area contributed by atoms with E-state index in [1.807, 2.05) is 0 Å². The first-order chi connectivity index (χ1) is 20.4. The molecule has 0 unspecified atom stereocenters. The largest absolute Gasteiger partial charge is 0.416 e. The van der Waals surface area contributed by atoms with E-state index < -0.39 is 46.2 Å². The smallest absolute Gasteiger partial charge is 0.394 e. The lowest BCUT2D eigenvalue weighted by molar-refractivity contribution is -0.137. The number of hydrogen-bond donors (Lipinski definition) is 2. The van der Waals surface area contributed by atoms with Gasteiger partial charge in [-0.2, -0.15) is 13.2 Å². The highest BCUT2D eigenvalue weighted by Crippen LogP contribution is 2.33. The first-order valence-corrected chi connectivity index (χ1v) is 15.2. The minimum atomic E-state index is -4.49. The number of hydrogen-bond acceptors (Lipinski definition) is 6. The van der Waals surface area contributed by atoms with Gasteiger partial charge in [-0.25, -0.2) is 13.2 Å². The fourth-order valence-corrected chi connectivity index (χ4v) is 5.74. The maximum atomic E-state index is 13.6. The summed E-state index contributed by atoms with van der Waals surface area (Å²) < 4.78 is 68.5. The molecule has 3 aromatic rings. The van der Waals surface area contributed by atoms with Gasteiger partial charge in [0.1, 0.15) is 0 Å². The third-order valence-corrected chi connectivity index (χ3v) is 9.02. The molecule has 3 amide bonds. The lowest BCUT2D eigenvalue weighted by Crippen LogP contribution is -2.56. The molecule has 1 aliphatic heterocycles. The fraction of sp³-hybridized carbons (Fsp3) is 0.333. The second-order valence-electron chi connectivity index (χ2n) is 9.97. The molecule has 3 aromatic carbocycles. The number of carbonyl (C=O) groups is 2. The van der Waals surface area contributed by atoms with E-state index in [2.05, 4.69) is 5.32 Å². The summed E-state index contributed by atoms with van der Waals surface area (Å²) >= 11 is 0. The van der Waals surface area contributed by atoms with Gasteiger partial charge < -0.3 is 15.2 Å². The topological polar surface area (TPSA) is 116 Å². The predicted molar refractivity (Wildman–Crippen MR) is 155 cm³/mol. The monoisotopic (exact) mass is 619 g/mol. The van der Waals surface area contributed by atoms with Gasteiger partial charge in [-0.05, 0) is 72.6 Å². The van der Waals surface area contributed by atoms with Crippen LogP contribution in [0.5, 0.6) is 0 Å². The van der Waals surface area contributed by atoms with E-state index in [1.165, 1.54) is 65.4 Å². The summed E-state index contributed by atoms with van der Waals surface area (Å²) in [5.74, 6) is -0.550. The lowest BCUT2D eigenvalue weighted by atomic mass is 10.1. The van der Waals surface area contributed by atoms with E-state index in [1.54, 1.807) is 19.1 Å². The Bertz CT molecular complexity index is 1530. The molecule has 0 saturated carbocycles. The summed E-state index contributed by atoms with van der Waals surface area (Å²) in [5, 5.41) is 12.6. The molecule has 1 saturated heterocycles. The molecule has 2 atom stereocenters. The standard InChI is InChI=1S/C30H32F3N3O6S/c1-3-43(40,41)26-14-6-20(7-15-26)27(18-37)34-28(38)21-4-10-24(11-5-21)36-25(19-42-2)16-17-35(29(36)39)23-12-8-22(9-13-23)30(31,32)33/h4-15,25,27,37H,3,16-19H2,1-2H3,(H,34,38)/t25-,27-/m0/s1. The molecule has 0 aromatic heterocycles. The number of halogens is 3. The molecule has 0 spiro atoms. The van der Waals surface area contributed by atoms with E-state index in [0.717, 1.165) is 12.1 Å². The van der Waals surface area contributed by atoms with Gasteiger partial charge in [-0.15, -0.1) is 0 Å². The summed E-state index contributed by atoms with van der Waals surface area (Å²) in [4.78, 5) is 29.6. The van der Waals surface area contributed by atoms with E-state index in [-0.39, 0.29) is 35.4 Å². The van der Waals surface area contributed by atoms with Crippen molar-refractivity contribution in [3.05, 3.63) is 89.5 Å². The number of aliphatic hydroxyl groups is 1. The number of rotatable bonds is 10. The molecule has 230 valence electrons. The number of anilines is 2. The van der Waals surface area contributed by atoms with Crippen LogP contribution in [-0.2, 0) is 20.8 Å². The average Bonchev–Trinajstić information content (AvgIpc) is 3.00. The van der Waals surface area contributed by atoms with Crippen molar-refractivity contribution in [2.24, 2.45) is 0 Å². The summed E-state index contributed by atoms with van der Waals surface area (Å²) in [6, 6.07) is 14.9. The van der Waals surface area contributed by atoms with Gasteiger partial charge >= 0.3 is 12.2 Å². The zero-order valence-electron chi connectivity index (χ0n) is 23.5. The maximum Gasteiger partial charge on any atom is 0.416 e. The Labute approximate surface area is 247 Å². The van der Waals surface area contributed by atoms with E-state index >= 15 is 0 Å². The van der Waals surface area contributed by atoms with Crippen LogP contribution in [-0.4, -0.2) is 64.1 Å². The minimum absolute atomic E-state index is 0.0508. The fourth-order valence-electron chi connectivity index (χ4n) is 4.85. The molecule has 4 rings (SSSR count). The first-order valence-electron chi connectivity index (χ1n) is 13.5. The third kappa shape index (κ3) is 7.17. The number of carbonyl (C=O) groups excluding carboxylic acids is 2. The SMILES string of the molecule is CCS(=O)(=O)c1ccc([C@H](CO)NC(=O)c2ccc(N3C(=O)N(c4ccc(C(F)(F)F)cc4)CC[C@H]3COC)cc2)cc1. The Hall–Kier alpha value is -3.94. The summed E-state index contributed by atoms with van der Waals surface area (Å²) in [5.41, 5.74) is 0.748. The zero-order chi connectivity index (χ0) is 31.4. The van der Waals surface area contributed by atoms with E-state index in [0.29, 0.717) is 23.4 Å². The van der Waals surface area contributed by atoms with Gasteiger partial charge in [0.05, 0.1) is 41.5 Å². The van der Waals surface area contributed by atoms with Crippen molar-refractivity contribution < 1.29 is 41.0 Å². The van der Waals surface area contributed by atoms with Gasteiger partial charge in [0, 0.05) is 30.6 Å². The van der Waals surface area contributed by atoms with Gasteiger partial charge in [-0.3, -0.25) is 14.6 Å². The Kier molecular flexibility index (Phi) is 9.78. The average molecular weight is 620 g/mol. The number of aliphatic hydroxyl groups excluding tert-OH is 1. The van der Waals surface area contributed by atoms with Crippen LogP contribution in [0.25, 0.3) is 0 Å². The number of methoxy groups -OCH3 is 1. The van der Waals surface area contributed by atoms with Gasteiger partial charge in [-0.1, -0.05) is 19.1 Å². The molecule has 1 aliphatic rings. The van der Waals surface area contributed by atoms with Crippen molar-refractivity contribution in [2.75, 3.05) is 42.4 Å². The lowest BCUT2D eigenvalue weighted by Gasteiger charge is -2.41. The van der Waals surface area contributed by atoms with Crippen LogP contribution in [0.15, 0.2) is 77.7 Å². The molecule has 2 N–H and O–H groups in total. The molecule has 0 aliphatic carbocycles. The number of ether oxygens (including phenoxy) is 1. The Morgan fingerprint density at radius 1 is 1.02 bits per heavy atom. The van der Waals surface area contributed by atoms with Crippen molar-refractivity contribution in [3.63, 3.8) is 0 Å². The van der Waals surface area contributed by atoms with Crippen molar-refractivity contribution in [1.82, 2.24) is 5.32 Å². The Morgan fingerprint density at radius 2 is 1.63 bits per heavy atom. The molecule has 0 radical (unpaired) electrons. The van der Waals surface area contributed by atoms with Crippen LogP contribution >= 0.6 is 0 Å². The molecule has 13 heteroatoms. The van der Waals surface area contributed by atoms with Gasteiger partial charge in [0.25, 0.3) is 5.91 Å². The highest BCUT2D eigenvalue weighted by molar-refractivity contribution is 7.91. The number of urea groups is 1. The first kappa shape index (κ1) is 32.0. The highest BCUT2D eigenvalue weighted by atomic mass is 32.2. The van der Waals surface area contributed by atoms with E-state index in [4.69, 9.17) is 4.74 Å². The predicted octanol–water partition coefficient (Wildman–Crippen LogP) is 4.81. The molecule has 0 bridgehead atoms. The molecule has 9 nitrogen and oxygen atoms in total. The number of benzene rings is 3. The zero-order valence-corrected chi connectivity index (χ0v) is 24.4. The third-order valence-electron chi connectivity index (χ3n) is 7.27. The number of amides is 3. The van der Waals surface area contributed by atoms with Crippen LogP contribution in [0.2, 0.25) is 0 Å². The van der Waals surface area contributed by atoms with E-state index in [9.17, 15) is 36.3 Å². The Morgan fingerprint density at radius 3 is 2.16 bits per heavy atom. The van der Waals surface area contributed by atoms with Crippen molar-refractivity contribution in [2.45, 2.75) is 36.5 Å². The molecule has 43 heavy (non-hydrogen) atoms. The highest BCUT2D eigenvalue weighted by Gasteiger charge is 2.36. The number of nitrogens with one attached hydrogen (secondary N) is 1. The second kappa shape index (κ2) is 13.1. The summed E-state index contributed by atoms with van der Waals surface area (Å²) in [6.45, 7) is 1.62. The molecular formula is C30H32F3N3O6S. The Balaban J connectivity index is 1.51. The maximum absolute atomic E-state index is 13.6. The number of sulfone groups is 1. The number of nitrogens with zero attached hydrogens (tertiary/aromatic N) is 2. The molecular weight excluding hydrogens is 587 g/mol. The molecule has 1 heterocycles. The minimum Gasteiger partial charge on any atom is -0.394 e. The normalized spacial score (nSPS) is 16.7. The van der Waals surface area contributed by atoms with Crippen LogP contribution in [0.1, 0.15) is 40.9 Å². The number of alkyl halides is 3. The van der Waals surface area contributed by atoms with Crippen molar-refractivity contribution in [3.8, 4) is 0 Å². The van der Waals surface area contributed by atoms with Crippen molar-refractivity contribution in [1.29, 1.82) is 0 Å².